The highest BCUT2D eigenvalue weighted by molar-refractivity contribution is 6.15. The summed E-state index contributed by atoms with van der Waals surface area (Å²) in [5, 5.41) is 9.70. The predicted octanol–water partition coefficient (Wildman–Crippen LogP) is 15.4. The number of hydrogen-bond donors (Lipinski definition) is 0. The Kier molecular flexibility index (Phi) is 8.08. The Morgan fingerprint density at radius 1 is 0.436 bits per heavy atom. The highest BCUT2D eigenvalue weighted by Gasteiger charge is 2.20. The minimum atomic E-state index is 0.869. The second kappa shape index (κ2) is 13.7. The van der Waals surface area contributed by atoms with Crippen molar-refractivity contribution >= 4 is 77.4 Å². The molecule has 0 aliphatic carbocycles. The van der Waals surface area contributed by atoms with Crippen LogP contribution in [0.3, 0.4) is 0 Å². The van der Waals surface area contributed by atoms with E-state index in [9.17, 15) is 0 Å². The van der Waals surface area contributed by atoms with E-state index in [2.05, 4.69) is 199 Å². The van der Waals surface area contributed by atoms with E-state index in [1.807, 2.05) is 19.1 Å². The third-order valence-electron chi connectivity index (χ3n) is 10.8. The number of benzene rings is 9. The normalized spacial score (nSPS) is 11.9. The number of para-hydroxylation sites is 1. The molecule has 0 N–H and O–H groups in total. The van der Waals surface area contributed by atoms with Gasteiger partial charge in [0, 0.05) is 16.8 Å². The molecule has 1 aromatic heterocycles. The molecular weight excluding hydrogens is 667 g/mol. The van der Waals surface area contributed by atoms with Crippen LogP contribution in [0.15, 0.2) is 205 Å². The van der Waals surface area contributed by atoms with Gasteiger partial charge in [-0.2, -0.15) is 0 Å². The lowest BCUT2D eigenvalue weighted by Crippen LogP contribution is -2.10. The molecule has 10 aromatic rings. The molecule has 0 aliphatic heterocycles. The maximum absolute atomic E-state index is 6.40. The number of anilines is 3. The van der Waals surface area contributed by atoms with Crippen molar-refractivity contribution < 1.29 is 4.42 Å². The number of rotatable bonds is 7. The van der Waals surface area contributed by atoms with Crippen LogP contribution < -0.4 is 4.90 Å². The SMILES string of the molecule is C/C=C\C=C/c1cc2ccccc2cc1-c1ccc(N(c2ccc(-c3cc4ccccc4c4ccccc34)cc2)c2cccc3oc4ccccc4c23)cc1. The summed E-state index contributed by atoms with van der Waals surface area (Å²) in [6.07, 6.45) is 8.45. The van der Waals surface area contributed by atoms with Crippen molar-refractivity contribution in [1.29, 1.82) is 0 Å². The number of hydrogen-bond acceptors (Lipinski definition) is 2. The van der Waals surface area contributed by atoms with Crippen LogP contribution in [0.25, 0.3) is 82.6 Å². The van der Waals surface area contributed by atoms with Crippen molar-refractivity contribution in [1.82, 2.24) is 0 Å². The minimum Gasteiger partial charge on any atom is -0.456 e. The standard InChI is InChI=1S/C53H37NO/c1-2-3-4-16-40-33-38-14-5-6-15-39(38)34-48(40)36-25-29-42(30-26-36)54(50-22-13-24-52-53(50)47-21-11-12-23-51(47)55-52)43-31-27-37(28-32-43)49-35-41-17-7-8-18-44(41)45-19-9-10-20-46(45)49/h2-35H,1H3/b3-2-,16-4-. The molecule has 0 saturated heterocycles. The molecule has 55 heavy (non-hydrogen) atoms. The first-order chi connectivity index (χ1) is 27.2. The molecule has 0 bridgehead atoms. The van der Waals surface area contributed by atoms with Gasteiger partial charge in [0.1, 0.15) is 11.2 Å². The van der Waals surface area contributed by atoms with E-state index in [0.717, 1.165) is 39.0 Å². The highest BCUT2D eigenvalue weighted by atomic mass is 16.3. The number of furan rings is 1. The van der Waals surface area contributed by atoms with Crippen LogP contribution >= 0.6 is 0 Å². The molecular formula is C53H37NO. The first-order valence-electron chi connectivity index (χ1n) is 18.9. The molecule has 0 radical (unpaired) electrons. The van der Waals surface area contributed by atoms with Gasteiger partial charge < -0.3 is 9.32 Å². The van der Waals surface area contributed by atoms with E-state index in [1.165, 1.54) is 60.1 Å². The maximum atomic E-state index is 6.40. The topological polar surface area (TPSA) is 16.4 Å². The van der Waals surface area contributed by atoms with Gasteiger partial charge >= 0.3 is 0 Å². The van der Waals surface area contributed by atoms with Gasteiger partial charge in [0.2, 0.25) is 0 Å². The number of fused-ring (bicyclic) bond motifs is 7. The molecule has 260 valence electrons. The quantitative estimate of drug-likeness (QED) is 0.121. The third kappa shape index (κ3) is 5.76. The van der Waals surface area contributed by atoms with Crippen LogP contribution in [0.4, 0.5) is 17.1 Å². The highest BCUT2D eigenvalue weighted by Crippen LogP contribution is 2.44. The first-order valence-corrected chi connectivity index (χ1v) is 18.9. The number of nitrogens with zero attached hydrogens (tertiary/aromatic N) is 1. The van der Waals surface area contributed by atoms with Crippen LogP contribution in [0.1, 0.15) is 12.5 Å². The van der Waals surface area contributed by atoms with E-state index in [0.29, 0.717) is 0 Å². The predicted molar refractivity (Wildman–Crippen MR) is 236 cm³/mol. The Morgan fingerprint density at radius 3 is 1.73 bits per heavy atom. The van der Waals surface area contributed by atoms with Gasteiger partial charge in [0.15, 0.2) is 0 Å². The summed E-state index contributed by atoms with van der Waals surface area (Å²) in [4.78, 5) is 2.36. The third-order valence-corrected chi connectivity index (χ3v) is 10.8. The summed E-state index contributed by atoms with van der Waals surface area (Å²) in [5.41, 5.74) is 10.9. The lowest BCUT2D eigenvalue weighted by atomic mass is 9.93. The molecule has 1 heterocycles. The van der Waals surface area contributed by atoms with Crippen molar-refractivity contribution in [2.24, 2.45) is 0 Å². The lowest BCUT2D eigenvalue weighted by molar-refractivity contribution is 0.669. The van der Waals surface area contributed by atoms with E-state index in [1.54, 1.807) is 0 Å². The smallest absolute Gasteiger partial charge is 0.137 e. The van der Waals surface area contributed by atoms with Crippen LogP contribution in [-0.2, 0) is 0 Å². The summed E-state index contributed by atoms with van der Waals surface area (Å²) in [5.74, 6) is 0. The molecule has 0 aliphatic rings. The van der Waals surface area contributed by atoms with Gasteiger partial charge in [-0.25, -0.2) is 0 Å². The fourth-order valence-corrected chi connectivity index (χ4v) is 8.16. The largest absolute Gasteiger partial charge is 0.456 e. The van der Waals surface area contributed by atoms with Crippen molar-refractivity contribution in [3.63, 3.8) is 0 Å². The van der Waals surface area contributed by atoms with E-state index < -0.39 is 0 Å². The molecule has 0 spiro atoms. The monoisotopic (exact) mass is 703 g/mol. The van der Waals surface area contributed by atoms with Gasteiger partial charge in [-0.1, -0.05) is 146 Å². The summed E-state index contributed by atoms with van der Waals surface area (Å²) in [7, 11) is 0. The molecule has 9 aromatic carbocycles. The van der Waals surface area contributed by atoms with E-state index >= 15 is 0 Å². The fourth-order valence-electron chi connectivity index (χ4n) is 8.16. The molecule has 10 rings (SSSR count). The molecule has 0 unspecified atom stereocenters. The van der Waals surface area contributed by atoms with Crippen molar-refractivity contribution in [2.75, 3.05) is 4.90 Å². The van der Waals surface area contributed by atoms with Gasteiger partial charge in [0.25, 0.3) is 0 Å². The van der Waals surface area contributed by atoms with Crippen LogP contribution in [0.2, 0.25) is 0 Å². The Balaban J connectivity index is 1.13. The zero-order chi connectivity index (χ0) is 36.7. The van der Waals surface area contributed by atoms with Gasteiger partial charge in [-0.15, -0.1) is 0 Å². The zero-order valence-corrected chi connectivity index (χ0v) is 30.5. The van der Waals surface area contributed by atoms with Crippen LogP contribution in [0.5, 0.6) is 0 Å². The Morgan fingerprint density at radius 2 is 1.00 bits per heavy atom. The van der Waals surface area contributed by atoms with Gasteiger partial charge in [-0.05, 0) is 128 Å². The molecule has 0 fully saturated rings. The Hall–Kier alpha value is -7.16. The maximum Gasteiger partial charge on any atom is 0.137 e. The van der Waals surface area contributed by atoms with Crippen molar-refractivity contribution in [3.05, 3.63) is 206 Å². The zero-order valence-electron chi connectivity index (χ0n) is 30.5. The summed E-state index contributed by atoms with van der Waals surface area (Å²) in [6, 6.07) is 65.6. The van der Waals surface area contributed by atoms with Crippen LogP contribution in [-0.4, -0.2) is 0 Å². The first kappa shape index (κ1) is 32.5. The molecule has 0 saturated carbocycles. The van der Waals surface area contributed by atoms with E-state index in [4.69, 9.17) is 4.42 Å². The van der Waals surface area contributed by atoms with Gasteiger partial charge in [0.05, 0.1) is 11.1 Å². The lowest BCUT2D eigenvalue weighted by Gasteiger charge is -2.27. The second-order valence-corrected chi connectivity index (χ2v) is 14.0. The fraction of sp³-hybridized carbons (Fsp3) is 0.0189. The average Bonchev–Trinajstić information content (AvgIpc) is 3.63. The van der Waals surface area contributed by atoms with E-state index in [-0.39, 0.29) is 0 Å². The molecule has 0 atom stereocenters. The summed E-state index contributed by atoms with van der Waals surface area (Å²) >= 11 is 0. The van der Waals surface area contributed by atoms with Gasteiger partial charge in [-0.3, -0.25) is 0 Å². The van der Waals surface area contributed by atoms with Crippen molar-refractivity contribution in [3.8, 4) is 22.3 Å². The average molecular weight is 704 g/mol. The molecule has 0 amide bonds. The molecule has 2 nitrogen and oxygen atoms in total. The Bertz CT molecular complexity index is 3090. The summed E-state index contributed by atoms with van der Waals surface area (Å²) < 4.78 is 6.40. The summed E-state index contributed by atoms with van der Waals surface area (Å²) in [6.45, 7) is 2.04. The molecule has 2 heteroatoms. The second-order valence-electron chi connectivity index (χ2n) is 14.0. The Labute approximate surface area is 320 Å². The van der Waals surface area contributed by atoms with Crippen molar-refractivity contribution in [2.45, 2.75) is 6.92 Å². The number of allylic oxidation sites excluding steroid dienone is 3. The van der Waals surface area contributed by atoms with Crippen LogP contribution in [0, 0.1) is 0 Å². The minimum absolute atomic E-state index is 0.869.